The number of nitrogens with one attached hydrogen (secondary N) is 3. The molecule has 0 radical (unpaired) electrons. The molecular formula is C16H22N4O7. The van der Waals surface area contributed by atoms with Gasteiger partial charge in [0.25, 0.3) is 0 Å². The molecule has 0 bridgehead atoms. The molecule has 0 aromatic heterocycles. The van der Waals surface area contributed by atoms with E-state index in [1.54, 1.807) is 0 Å². The molecule has 2 unspecified atom stereocenters. The number of hydrogen-bond donors (Lipinski definition) is 7. The minimum absolute atomic E-state index is 0.0134. The highest BCUT2D eigenvalue weighted by atomic mass is 16.4. The van der Waals surface area contributed by atoms with Gasteiger partial charge in [-0.2, -0.15) is 0 Å². The van der Waals surface area contributed by atoms with Crippen LogP contribution in [0.1, 0.15) is 5.56 Å². The van der Waals surface area contributed by atoms with E-state index in [9.17, 15) is 29.4 Å². The van der Waals surface area contributed by atoms with Crippen molar-refractivity contribution in [1.29, 1.82) is 0 Å². The van der Waals surface area contributed by atoms with E-state index in [1.807, 2.05) is 0 Å². The van der Waals surface area contributed by atoms with Gasteiger partial charge in [0.2, 0.25) is 17.7 Å². The molecule has 0 heterocycles. The number of aromatic hydroxyl groups is 1. The molecule has 0 saturated carbocycles. The van der Waals surface area contributed by atoms with E-state index in [2.05, 4.69) is 16.0 Å². The molecule has 0 aliphatic heterocycles. The van der Waals surface area contributed by atoms with Crippen molar-refractivity contribution in [3.63, 3.8) is 0 Å². The maximum atomic E-state index is 12.3. The van der Waals surface area contributed by atoms with Gasteiger partial charge in [0, 0.05) is 6.42 Å². The highest BCUT2D eigenvalue weighted by Gasteiger charge is 2.26. The van der Waals surface area contributed by atoms with Crippen LogP contribution in [0.2, 0.25) is 0 Å². The number of nitrogens with two attached hydrogens (primary N) is 1. The average molecular weight is 382 g/mol. The van der Waals surface area contributed by atoms with Crippen molar-refractivity contribution >= 4 is 23.7 Å². The Hall–Kier alpha value is -3.18. The number of phenolic OH excluding ortho intramolecular Hbond substituents is 1. The van der Waals surface area contributed by atoms with Crippen LogP contribution in [-0.2, 0) is 25.6 Å². The number of amides is 3. The van der Waals surface area contributed by atoms with Gasteiger partial charge in [0.15, 0.2) is 0 Å². The fraction of sp³-hybridized carbons (Fsp3) is 0.375. The van der Waals surface area contributed by atoms with Crippen molar-refractivity contribution in [3.8, 4) is 5.75 Å². The van der Waals surface area contributed by atoms with Crippen LogP contribution in [-0.4, -0.2) is 70.8 Å². The summed E-state index contributed by atoms with van der Waals surface area (Å²) < 4.78 is 0. The molecule has 148 valence electrons. The minimum Gasteiger partial charge on any atom is -0.508 e. The second kappa shape index (κ2) is 10.7. The summed E-state index contributed by atoms with van der Waals surface area (Å²) in [5, 5.41) is 34.0. The topological polar surface area (TPSA) is 191 Å². The third-order valence-corrected chi connectivity index (χ3v) is 3.44. The van der Waals surface area contributed by atoms with Gasteiger partial charge < -0.3 is 37.0 Å². The molecule has 0 saturated heterocycles. The van der Waals surface area contributed by atoms with Crippen LogP contribution < -0.4 is 21.7 Å². The molecule has 1 rings (SSSR count). The van der Waals surface area contributed by atoms with Crippen LogP contribution in [0.25, 0.3) is 0 Å². The number of carboxylic acids is 1. The fourth-order valence-electron chi connectivity index (χ4n) is 2.08. The van der Waals surface area contributed by atoms with Crippen molar-refractivity contribution in [2.24, 2.45) is 5.73 Å². The number of carbonyl (C=O) groups excluding carboxylic acids is 3. The number of carbonyl (C=O) groups is 4. The smallest absolute Gasteiger partial charge is 0.322 e. The summed E-state index contributed by atoms with van der Waals surface area (Å²) in [6, 6.07) is 3.33. The fourth-order valence-corrected chi connectivity index (χ4v) is 2.08. The van der Waals surface area contributed by atoms with E-state index in [0.29, 0.717) is 5.56 Å². The zero-order valence-electron chi connectivity index (χ0n) is 14.3. The van der Waals surface area contributed by atoms with Gasteiger partial charge in [0.1, 0.15) is 24.4 Å². The maximum absolute atomic E-state index is 12.3. The van der Waals surface area contributed by atoms with Crippen molar-refractivity contribution in [1.82, 2.24) is 16.0 Å². The predicted octanol–water partition coefficient (Wildman–Crippen LogP) is -2.94. The van der Waals surface area contributed by atoms with Crippen LogP contribution in [0.5, 0.6) is 5.75 Å². The van der Waals surface area contributed by atoms with Crippen LogP contribution in [0.3, 0.4) is 0 Å². The summed E-state index contributed by atoms with van der Waals surface area (Å²) in [5.74, 6) is -3.52. The lowest BCUT2D eigenvalue weighted by molar-refractivity contribution is -0.138. The van der Waals surface area contributed by atoms with Crippen molar-refractivity contribution in [3.05, 3.63) is 29.8 Å². The quantitative estimate of drug-likeness (QED) is 0.223. The van der Waals surface area contributed by atoms with Crippen LogP contribution in [0, 0.1) is 0 Å². The Morgan fingerprint density at radius 3 is 2.15 bits per heavy atom. The standard InChI is InChI=1S/C16H22N4O7/c17-6-13(23)19-12(8-21)16(27)20-11(15(26)18-7-14(24)25)5-9-1-3-10(22)4-2-9/h1-4,11-12,21-22H,5-8,17H2,(H,18,26)(H,19,23)(H,20,27)(H,24,25). The summed E-state index contributed by atoms with van der Waals surface area (Å²) in [4.78, 5) is 46.4. The number of aliphatic hydroxyl groups is 1. The Balaban J connectivity index is 2.89. The molecule has 0 spiro atoms. The molecule has 0 aliphatic rings. The third-order valence-electron chi connectivity index (χ3n) is 3.44. The monoisotopic (exact) mass is 382 g/mol. The Bertz CT molecular complexity index is 678. The lowest BCUT2D eigenvalue weighted by atomic mass is 10.0. The molecular weight excluding hydrogens is 360 g/mol. The van der Waals surface area contributed by atoms with Crippen LogP contribution >= 0.6 is 0 Å². The predicted molar refractivity (Wildman–Crippen MR) is 92.5 cm³/mol. The van der Waals surface area contributed by atoms with Gasteiger partial charge in [-0.3, -0.25) is 19.2 Å². The second-order valence-corrected chi connectivity index (χ2v) is 5.55. The molecule has 8 N–H and O–H groups in total. The third kappa shape index (κ3) is 7.71. The second-order valence-electron chi connectivity index (χ2n) is 5.55. The lowest BCUT2D eigenvalue weighted by Crippen LogP contribution is -2.56. The molecule has 11 nitrogen and oxygen atoms in total. The van der Waals surface area contributed by atoms with E-state index in [1.165, 1.54) is 24.3 Å². The Kier molecular flexibility index (Phi) is 8.69. The van der Waals surface area contributed by atoms with E-state index in [4.69, 9.17) is 10.8 Å². The summed E-state index contributed by atoms with van der Waals surface area (Å²) in [6.45, 7) is -1.76. The van der Waals surface area contributed by atoms with Crippen LogP contribution in [0.4, 0.5) is 0 Å². The average Bonchev–Trinajstić information content (AvgIpc) is 2.64. The first-order valence-corrected chi connectivity index (χ1v) is 7.94. The van der Waals surface area contributed by atoms with Gasteiger partial charge in [-0.05, 0) is 17.7 Å². The van der Waals surface area contributed by atoms with Gasteiger partial charge in [-0.15, -0.1) is 0 Å². The molecule has 1 aromatic rings. The van der Waals surface area contributed by atoms with Crippen molar-refractivity contribution < 1.29 is 34.5 Å². The normalized spacial score (nSPS) is 12.5. The van der Waals surface area contributed by atoms with E-state index < -0.39 is 48.9 Å². The zero-order chi connectivity index (χ0) is 20.4. The van der Waals surface area contributed by atoms with E-state index in [0.717, 1.165) is 0 Å². The number of phenols is 1. The SMILES string of the molecule is NCC(=O)NC(CO)C(=O)NC(Cc1ccc(O)cc1)C(=O)NCC(=O)O. The number of rotatable bonds is 10. The highest BCUT2D eigenvalue weighted by Crippen LogP contribution is 2.11. The zero-order valence-corrected chi connectivity index (χ0v) is 14.3. The van der Waals surface area contributed by atoms with Crippen molar-refractivity contribution in [2.45, 2.75) is 18.5 Å². The van der Waals surface area contributed by atoms with Crippen LogP contribution in [0.15, 0.2) is 24.3 Å². The first-order valence-electron chi connectivity index (χ1n) is 7.94. The first kappa shape index (κ1) is 21.9. The number of carboxylic acid groups (broad SMARTS) is 1. The highest BCUT2D eigenvalue weighted by molar-refractivity contribution is 5.93. The Morgan fingerprint density at radius 2 is 1.63 bits per heavy atom. The van der Waals surface area contributed by atoms with Gasteiger partial charge in [-0.1, -0.05) is 12.1 Å². The van der Waals surface area contributed by atoms with E-state index in [-0.39, 0.29) is 18.7 Å². The molecule has 0 aliphatic carbocycles. The molecule has 0 fully saturated rings. The maximum Gasteiger partial charge on any atom is 0.322 e. The number of hydrogen-bond acceptors (Lipinski definition) is 7. The van der Waals surface area contributed by atoms with E-state index >= 15 is 0 Å². The summed E-state index contributed by atoms with van der Waals surface area (Å²) in [5.41, 5.74) is 5.72. The van der Waals surface area contributed by atoms with Gasteiger partial charge in [0.05, 0.1) is 13.2 Å². The number of benzene rings is 1. The molecule has 11 heteroatoms. The summed E-state index contributed by atoms with van der Waals surface area (Å²) in [7, 11) is 0. The largest absolute Gasteiger partial charge is 0.508 e. The molecule has 2 atom stereocenters. The minimum atomic E-state index is -1.32. The van der Waals surface area contributed by atoms with Gasteiger partial charge in [-0.25, -0.2) is 0 Å². The van der Waals surface area contributed by atoms with Gasteiger partial charge >= 0.3 is 5.97 Å². The van der Waals surface area contributed by atoms with Crippen molar-refractivity contribution in [2.75, 3.05) is 19.7 Å². The lowest BCUT2D eigenvalue weighted by Gasteiger charge is -2.22. The first-order chi connectivity index (χ1) is 12.8. The molecule has 1 aromatic carbocycles. The Morgan fingerprint density at radius 1 is 1.00 bits per heavy atom. The summed E-state index contributed by atoms with van der Waals surface area (Å²) in [6.07, 6.45) is -0.0134. The molecule has 27 heavy (non-hydrogen) atoms. The number of aliphatic hydroxyl groups excluding tert-OH is 1. The molecule has 3 amide bonds. The summed E-state index contributed by atoms with van der Waals surface area (Å²) >= 11 is 0. The Labute approximate surface area is 154 Å². The number of aliphatic carboxylic acids is 1.